The van der Waals surface area contributed by atoms with Crippen molar-refractivity contribution in [3.05, 3.63) is 28.7 Å². The van der Waals surface area contributed by atoms with Gasteiger partial charge in [0.2, 0.25) is 0 Å². The number of nitrogens with one attached hydrogen (secondary N) is 1. The average molecular weight is 324 g/mol. The molecule has 0 atom stereocenters. The van der Waals surface area contributed by atoms with E-state index in [9.17, 15) is 4.79 Å². The molecule has 0 unspecified atom stereocenters. The molecule has 0 aromatic heterocycles. The standard InChI is InChI=1S/C14H18BrN3O/c15-11-1-3-12(4-2-11)16-14(19)18-9-7-17(8-10-18)13-5-6-13/h1-4,13H,5-10H2,(H,16,19). The minimum atomic E-state index is 0.0118. The number of anilines is 1. The van der Waals surface area contributed by atoms with E-state index in [1.54, 1.807) is 0 Å². The van der Waals surface area contributed by atoms with Crippen molar-refractivity contribution in [1.29, 1.82) is 0 Å². The number of hydrogen-bond acceptors (Lipinski definition) is 2. The van der Waals surface area contributed by atoms with E-state index in [1.165, 1.54) is 12.8 Å². The zero-order valence-corrected chi connectivity index (χ0v) is 12.4. The molecule has 102 valence electrons. The van der Waals surface area contributed by atoms with Gasteiger partial charge in [0.1, 0.15) is 0 Å². The predicted octanol–water partition coefficient (Wildman–Crippen LogP) is 2.76. The molecular formula is C14H18BrN3O. The van der Waals surface area contributed by atoms with Crippen LogP contribution in [-0.4, -0.2) is 48.1 Å². The third-order valence-corrected chi connectivity index (χ3v) is 4.29. The molecule has 5 heteroatoms. The van der Waals surface area contributed by atoms with Gasteiger partial charge in [0.25, 0.3) is 0 Å². The highest BCUT2D eigenvalue weighted by molar-refractivity contribution is 9.10. The van der Waals surface area contributed by atoms with E-state index in [1.807, 2.05) is 29.2 Å². The molecule has 1 heterocycles. The van der Waals surface area contributed by atoms with Gasteiger partial charge in [0, 0.05) is 42.4 Å². The molecule has 19 heavy (non-hydrogen) atoms. The van der Waals surface area contributed by atoms with Crippen LogP contribution in [0.25, 0.3) is 0 Å². The quantitative estimate of drug-likeness (QED) is 0.908. The van der Waals surface area contributed by atoms with E-state index >= 15 is 0 Å². The zero-order valence-electron chi connectivity index (χ0n) is 10.8. The van der Waals surface area contributed by atoms with Crippen molar-refractivity contribution in [2.24, 2.45) is 0 Å². The molecule has 4 nitrogen and oxygen atoms in total. The van der Waals surface area contributed by atoms with Crippen LogP contribution in [0.1, 0.15) is 12.8 Å². The van der Waals surface area contributed by atoms with Crippen LogP contribution < -0.4 is 5.32 Å². The second-order valence-corrected chi connectivity index (χ2v) is 6.11. The summed E-state index contributed by atoms with van der Waals surface area (Å²) in [6.07, 6.45) is 2.68. The maximum atomic E-state index is 12.1. The molecule has 1 saturated heterocycles. The molecular weight excluding hydrogens is 306 g/mol. The number of urea groups is 1. The van der Waals surface area contributed by atoms with E-state index in [-0.39, 0.29) is 6.03 Å². The first-order chi connectivity index (χ1) is 9.22. The molecule has 2 amide bonds. The maximum absolute atomic E-state index is 12.1. The molecule has 1 aromatic rings. The molecule has 0 radical (unpaired) electrons. The molecule has 2 fully saturated rings. The first-order valence-corrected chi connectivity index (χ1v) is 7.57. The van der Waals surface area contributed by atoms with Gasteiger partial charge in [0.15, 0.2) is 0 Å². The van der Waals surface area contributed by atoms with Crippen LogP contribution in [0.3, 0.4) is 0 Å². The Hall–Kier alpha value is -1.07. The second kappa shape index (κ2) is 5.51. The Kier molecular flexibility index (Phi) is 3.75. The van der Waals surface area contributed by atoms with Crippen molar-refractivity contribution in [2.75, 3.05) is 31.5 Å². The van der Waals surface area contributed by atoms with Gasteiger partial charge >= 0.3 is 6.03 Å². The van der Waals surface area contributed by atoms with E-state index in [0.717, 1.165) is 42.4 Å². The molecule has 0 bridgehead atoms. The summed E-state index contributed by atoms with van der Waals surface area (Å²) >= 11 is 3.39. The predicted molar refractivity (Wildman–Crippen MR) is 79.3 cm³/mol. The van der Waals surface area contributed by atoms with Crippen molar-refractivity contribution in [2.45, 2.75) is 18.9 Å². The number of carbonyl (C=O) groups excluding carboxylic acids is 1. The monoisotopic (exact) mass is 323 g/mol. The van der Waals surface area contributed by atoms with Crippen LogP contribution >= 0.6 is 15.9 Å². The third kappa shape index (κ3) is 3.28. The molecule has 0 spiro atoms. The van der Waals surface area contributed by atoms with Gasteiger partial charge in [-0.25, -0.2) is 4.79 Å². The number of amides is 2. The summed E-state index contributed by atoms with van der Waals surface area (Å²) in [5.74, 6) is 0. The van der Waals surface area contributed by atoms with Crippen LogP contribution in [0.5, 0.6) is 0 Å². The van der Waals surface area contributed by atoms with Gasteiger partial charge in [-0.15, -0.1) is 0 Å². The normalized spacial score (nSPS) is 20.4. The summed E-state index contributed by atoms with van der Waals surface area (Å²) in [6, 6.07) is 8.49. The highest BCUT2D eigenvalue weighted by Gasteiger charge is 2.32. The van der Waals surface area contributed by atoms with Crippen molar-refractivity contribution in [3.63, 3.8) is 0 Å². The Labute approximate surface area is 121 Å². The summed E-state index contributed by atoms with van der Waals surface area (Å²) in [5, 5.41) is 2.95. The summed E-state index contributed by atoms with van der Waals surface area (Å²) in [4.78, 5) is 16.5. The number of halogens is 1. The fourth-order valence-corrected chi connectivity index (χ4v) is 2.73. The largest absolute Gasteiger partial charge is 0.322 e. The average Bonchev–Trinajstić information content (AvgIpc) is 3.26. The fraction of sp³-hybridized carbons (Fsp3) is 0.500. The van der Waals surface area contributed by atoms with Gasteiger partial charge in [-0.3, -0.25) is 4.90 Å². The van der Waals surface area contributed by atoms with Gasteiger partial charge < -0.3 is 10.2 Å². The van der Waals surface area contributed by atoms with Gasteiger partial charge in [-0.2, -0.15) is 0 Å². The Balaban J connectivity index is 1.51. The molecule has 2 aliphatic rings. The first-order valence-electron chi connectivity index (χ1n) is 6.78. The highest BCUT2D eigenvalue weighted by Crippen LogP contribution is 2.27. The third-order valence-electron chi connectivity index (χ3n) is 3.76. The number of benzene rings is 1. The lowest BCUT2D eigenvalue weighted by molar-refractivity contribution is 0.142. The maximum Gasteiger partial charge on any atom is 0.321 e. The van der Waals surface area contributed by atoms with E-state index < -0.39 is 0 Å². The van der Waals surface area contributed by atoms with Crippen molar-refractivity contribution in [1.82, 2.24) is 9.80 Å². The Morgan fingerprint density at radius 3 is 2.32 bits per heavy atom. The second-order valence-electron chi connectivity index (χ2n) is 5.19. The summed E-state index contributed by atoms with van der Waals surface area (Å²) < 4.78 is 1.02. The van der Waals surface area contributed by atoms with Crippen LogP contribution in [-0.2, 0) is 0 Å². The van der Waals surface area contributed by atoms with Crippen LogP contribution in [0, 0.1) is 0 Å². The smallest absolute Gasteiger partial charge is 0.321 e. The summed E-state index contributed by atoms with van der Waals surface area (Å²) in [5.41, 5.74) is 0.845. The van der Waals surface area contributed by atoms with Crippen LogP contribution in [0.2, 0.25) is 0 Å². The molecule has 3 rings (SSSR count). The molecule has 1 aliphatic carbocycles. The number of piperazine rings is 1. The Morgan fingerprint density at radius 2 is 1.74 bits per heavy atom. The van der Waals surface area contributed by atoms with Crippen molar-refractivity contribution < 1.29 is 4.79 Å². The Bertz CT molecular complexity index is 450. The first kappa shape index (κ1) is 12.9. The minimum absolute atomic E-state index is 0.0118. The minimum Gasteiger partial charge on any atom is -0.322 e. The molecule has 1 N–H and O–H groups in total. The van der Waals surface area contributed by atoms with Crippen LogP contribution in [0.15, 0.2) is 28.7 Å². The van der Waals surface area contributed by atoms with E-state index in [4.69, 9.17) is 0 Å². The van der Waals surface area contributed by atoms with Gasteiger partial charge in [0.05, 0.1) is 0 Å². The van der Waals surface area contributed by atoms with Crippen LogP contribution in [0.4, 0.5) is 10.5 Å². The van der Waals surface area contributed by atoms with Gasteiger partial charge in [-0.05, 0) is 37.1 Å². The summed E-state index contributed by atoms with van der Waals surface area (Å²) in [6.45, 7) is 3.69. The lowest BCUT2D eigenvalue weighted by Crippen LogP contribution is -2.50. The van der Waals surface area contributed by atoms with Crippen molar-refractivity contribution in [3.8, 4) is 0 Å². The topological polar surface area (TPSA) is 35.6 Å². The SMILES string of the molecule is O=C(Nc1ccc(Br)cc1)N1CCN(C2CC2)CC1. The zero-order chi connectivity index (χ0) is 13.2. The number of rotatable bonds is 2. The molecule has 1 aliphatic heterocycles. The Morgan fingerprint density at radius 1 is 1.11 bits per heavy atom. The van der Waals surface area contributed by atoms with E-state index in [2.05, 4.69) is 26.1 Å². The highest BCUT2D eigenvalue weighted by atomic mass is 79.9. The number of hydrogen-bond donors (Lipinski definition) is 1. The van der Waals surface area contributed by atoms with Gasteiger partial charge in [-0.1, -0.05) is 15.9 Å². The number of nitrogens with zero attached hydrogens (tertiary/aromatic N) is 2. The number of carbonyl (C=O) groups is 1. The molecule has 1 saturated carbocycles. The lowest BCUT2D eigenvalue weighted by Gasteiger charge is -2.34. The van der Waals surface area contributed by atoms with E-state index in [0.29, 0.717) is 0 Å². The summed E-state index contributed by atoms with van der Waals surface area (Å²) in [7, 11) is 0. The molecule has 1 aromatic carbocycles. The fourth-order valence-electron chi connectivity index (χ4n) is 2.47. The van der Waals surface area contributed by atoms with Crippen molar-refractivity contribution >= 4 is 27.6 Å². The lowest BCUT2D eigenvalue weighted by atomic mass is 10.3.